The second-order valence-electron chi connectivity index (χ2n) is 5.57. The number of aliphatic imine (C=N–C) groups is 1. The number of carbonyl (C=O) groups excluding carboxylic acids is 1. The predicted molar refractivity (Wildman–Crippen MR) is 92.6 cm³/mol. The van der Waals surface area contributed by atoms with Crippen LogP contribution in [0.5, 0.6) is 0 Å². The van der Waals surface area contributed by atoms with E-state index < -0.39 is 0 Å². The Bertz CT molecular complexity index is 325. The van der Waals surface area contributed by atoms with Gasteiger partial charge in [-0.15, -0.1) is 24.0 Å². The molecule has 0 heterocycles. The van der Waals surface area contributed by atoms with Gasteiger partial charge in [-0.1, -0.05) is 19.3 Å². The molecule has 2 fully saturated rings. The van der Waals surface area contributed by atoms with Crippen LogP contribution in [-0.4, -0.2) is 37.5 Å². The molecule has 0 aliphatic heterocycles. The van der Waals surface area contributed by atoms with E-state index in [1.165, 1.54) is 32.1 Å². The lowest BCUT2D eigenvalue weighted by Crippen LogP contribution is -2.41. The van der Waals surface area contributed by atoms with Crippen LogP contribution in [0.4, 0.5) is 0 Å². The van der Waals surface area contributed by atoms with Gasteiger partial charge < -0.3 is 16.0 Å². The Morgan fingerprint density at radius 1 is 1.05 bits per heavy atom. The van der Waals surface area contributed by atoms with Crippen LogP contribution in [0.2, 0.25) is 0 Å². The normalized spacial score (nSPS) is 19.9. The highest BCUT2D eigenvalue weighted by Crippen LogP contribution is 2.18. The number of guanidine groups is 1. The summed E-state index contributed by atoms with van der Waals surface area (Å²) in [5.41, 5.74) is 0. The Labute approximate surface area is 138 Å². The molecule has 0 aromatic heterocycles. The fourth-order valence-electron chi connectivity index (χ4n) is 2.46. The number of nitrogens with one attached hydrogen (secondary N) is 3. The molecule has 3 N–H and O–H groups in total. The number of hydrogen-bond acceptors (Lipinski definition) is 2. The van der Waals surface area contributed by atoms with Crippen molar-refractivity contribution in [3.05, 3.63) is 0 Å². The van der Waals surface area contributed by atoms with Crippen LogP contribution in [0.1, 0.15) is 51.4 Å². The van der Waals surface area contributed by atoms with E-state index in [1.807, 2.05) is 0 Å². The van der Waals surface area contributed by atoms with Gasteiger partial charge in [-0.05, 0) is 25.7 Å². The molecule has 0 aromatic rings. The summed E-state index contributed by atoms with van der Waals surface area (Å²) in [4.78, 5) is 15.9. The fraction of sp³-hybridized carbons (Fsp3) is 0.857. The van der Waals surface area contributed by atoms with Crippen LogP contribution in [0.3, 0.4) is 0 Å². The fourth-order valence-corrected chi connectivity index (χ4v) is 2.46. The van der Waals surface area contributed by atoms with Crippen LogP contribution in [0.25, 0.3) is 0 Å². The molecular formula is C14H27IN4O. The Kier molecular flexibility index (Phi) is 8.25. The zero-order chi connectivity index (χ0) is 13.5. The lowest BCUT2D eigenvalue weighted by Gasteiger charge is -2.22. The Hall–Kier alpha value is -0.530. The third kappa shape index (κ3) is 6.76. The van der Waals surface area contributed by atoms with Crippen molar-refractivity contribution in [1.82, 2.24) is 16.0 Å². The third-order valence-corrected chi connectivity index (χ3v) is 3.76. The van der Waals surface area contributed by atoms with Gasteiger partial charge in [-0.2, -0.15) is 0 Å². The molecule has 0 unspecified atom stereocenters. The molecule has 2 aliphatic rings. The number of carbonyl (C=O) groups is 1. The average molecular weight is 394 g/mol. The van der Waals surface area contributed by atoms with Gasteiger partial charge in [-0.3, -0.25) is 9.79 Å². The third-order valence-electron chi connectivity index (χ3n) is 3.76. The van der Waals surface area contributed by atoms with Gasteiger partial charge in [-0.25, -0.2) is 0 Å². The SMILES string of the molecule is CN=C(NCCC(=O)NC1CCCCC1)NC1CC1.I. The van der Waals surface area contributed by atoms with E-state index in [0.29, 0.717) is 25.0 Å². The molecule has 116 valence electrons. The highest BCUT2D eigenvalue weighted by molar-refractivity contribution is 14.0. The molecule has 1 amide bonds. The summed E-state index contributed by atoms with van der Waals surface area (Å²) >= 11 is 0. The first-order chi connectivity index (χ1) is 9.28. The van der Waals surface area contributed by atoms with E-state index in [2.05, 4.69) is 20.9 Å². The van der Waals surface area contributed by atoms with Crippen molar-refractivity contribution in [3.63, 3.8) is 0 Å². The number of nitrogens with zero attached hydrogens (tertiary/aromatic N) is 1. The molecule has 0 aromatic carbocycles. The number of amides is 1. The van der Waals surface area contributed by atoms with Crippen molar-refractivity contribution in [2.45, 2.75) is 63.5 Å². The lowest BCUT2D eigenvalue weighted by molar-refractivity contribution is -0.121. The van der Waals surface area contributed by atoms with Crippen molar-refractivity contribution >= 4 is 35.8 Å². The van der Waals surface area contributed by atoms with Crippen LogP contribution in [-0.2, 0) is 4.79 Å². The Balaban J connectivity index is 0.00000200. The summed E-state index contributed by atoms with van der Waals surface area (Å²) in [5.74, 6) is 0.967. The first-order valence-corrected chi connectivity index (χ1v) is 7.54. The topological polar surface area (TPSA) is 65.5 Å². The summed E-state index contributed by atoms with van der Waals surface area (Å²) in [7, 11) is 1.76. The predicted octanol–water partition coefficient (Wildman–Crippen LogP) is 1.77. The summed E-state index contributed by atoms with van der Waals surface area (Å²) in [5, 5.41) is 9.61. The smallest absolute Gasteiger partial charge is 0.221 e. The van der Waals surface area contributed by atoms with Gasteiger partial charge >= 0.3 is 0 Å². The molecule has 2 saturated carbocycles. The van der Waals surface area contributed by atoms with E-state index in [0.717, 1.165) is 18.8 Å². The molecule has 0 spiro atoms. The number of halogens is 1. The summed E-state index contributed by atoms with van der Waals surface area (Å²) in [6, 6.07) is 0.993. The average Bonchev–Trinajstić information content (AvgIpc) is 3.22. The molecule has 6 heteroatoms. The molecule has 0 saturated heterocycles. The van der Waals surface area contributed by atoms with E-state index in [-0.39, 0.29) is 29.9 Å². The minimum atomic E-state index is 0. The molecular weight excluding hydrogens is 367 g/mol. The molecule has 0 atom stereocenters. The van der Waals surface area contributed by atoms with E-state index >= 15 is 0 Å². The van der Waals surface area contributed by atoms with Crippen molar-refractivity contribution < 1.29 is 4.79 Å². The van der Waals surface area contributed by atoms with Gasteiger partial charge in [0.2, 0.25) is 5.91 Å². The second kappa shape index (κ2) is 9.41. The minimum Gasteiger partial charge on any atom is -0.356 e. The van der Waals surface area contributed by atoms with E-state index in [9.17, 15) is 4.79 Å². The summed E-state index contributed by atoms with van der Waals surface area (Å²) < 4.78 is 0. The highest BCUT2D eigenvalue weighted by atomic mass is 127. The molecule has 2 rings (SSSR count). The van der Waals surface area contributed by atoms with Crippen molar-refractivity contribution in [2.75, 3.05) is 13.6 Å². The van der Waals surface area contributed by atoms with Crippen molar-refractivity contribution in [2.24, 2.45) is 4.99 Å². The van der Waals surface area contributed by atoms with E-state index in [4.69, 9.17) is 0 Å². The van der Waals surface area contributed by atoms with Gasteiger partial charge in [0.25, 0.3) is 0 Å². The maximum absolute atomic E-state index is 11.8. The number of hydrogen-bond donors (Lipinski definition) is 3. The summed E-state index contributed by atoms with van der Waals surface area (Å²) in [6.07, 6.45) is 9.07. The quantitative estimate of drug-likeness (QED) is 0.378. The standard InChI is InChI=1S/C14H26N4O.HI/c1-15-14(18-12-7-8-12)16-10-9-13(19)17-11-5-3-2-4-6-11;/h11-12H,2-10H2,1H3,(H,17,19)(H2,15,16,18);1H. The minimum absolute atomic E-state index is 0. The molecule has 5 nitrogen and oxygen atoms in total. The zero-order valence-electron chi connectivity index (χ0n) is 12.3. The van der Waals surface area contributed by atoms with Gasteiger partial charge in [0.15, 0.2) is 5.96 Å². The van der Waals surface area contributed by atoms with Crippen LogP contribution < -0.4 is 16.0 Å². The van der Waals surface area contributed by atoms with Gasteiger partial charge in [0.05, 0.1) is 0 Å². The summed E-state index contributed by atoms with van der Waals surface area (Å²) in [6.45, 7) is 0.644. The largest absolute Gasteiger partial charge is 0.356 e. The van der Waals surface area contributed by atoms with Crippen molar-refractivity contribution in [3.8, 4) is 0 Å². The molecule has 0 radical (unpaired) electrons. The maximum Gasteiger partial charge on any atom is 0.221 e. The first-order valence-electron chi connectivity index (χ1n) is 7.54. The second-order valence-corrected chi connectivity index (χ2v) is 5.57. The van der Waals surface area contributed by atoms with Crippen LogP contribution >= 0.6 is 24.0 Å². The van der Waals surface area contributed by atoms with Crippen molar-refractivity contribution in [1.29, 1.82) is 0 Å². The monoisotopic (exact) mass is 394 g/mol. The lowest BCUT2D eigenvalue weighted by atomic mass is 9.95. The first kappa shape index (κ1) is 17.5. The van der Waals surface area contributed by atoms with Gasteiger partial charge in [0, 0.05) is 32.1 Å². The molecule has 0 bridgehead atoms. The van der Waals surface area contributed by atoms with Crippen LogP contribution in [0.15, 0.2) is 4.99 Å². The highest BCUT2D eigenvalue weighted by Gasteiger charge is 2.22. The Morgan fingerprint density at radius 3 is 2.30 bits per heavy atom. The Morgan fingerprint density at radius 2 is 1.70 bits per heavy atom. The zero-order valence-corrected chi connectivity index (χ0v) is 14.6. The maximum atomic E-state index is 11.8. The van der Waals surface area contributed by atoms with E-state index in [1.54, 1.807) is 7.05 Å². The number of rotatable bonds is 5. The molecule has 2 aliphatic carbocycles. The molecule has 20 heavy (non-hydrogen) atoms. The van der Waals surface area contributed by atoms with Gasteiger partial charge in [0.1, 0.15) is 0 Å². The van der Waals surface area contributed by atoms with Crippen LogP contribution in [0, 0.1) is 0 Å².